The van der Waals surface area contributed by atoms with Gasteiger partial charge in [0.15, 0.2) is 0 Å². The summed E-state index contributed by atoms with van der Waals surface area (Å²) in [5, 5.41) is 0. The van der Waals surface area contributed by atoms with Gasteiger partial charge in [-0.05, 0) is 20.3 Å². The highest BCUT2D eigenvalue weighted by molar-refractivity contribution is 5.80. The van der Waals surface area contributed by atoms with Gasteiger partial charge >= 0.3 is 5.97 Å². The summed E-state index contributed by atoms with van der Waals surface area (Å²) < 4.78 is 5.03. The molecule has 0 aromatic heterocycles. The van der Waals surface area contributed by atoms with Gasteiger partial charge in [0.25, 0.3) is 0 Å². The highest BCUT2D eigenvalue weighted by atomic mass is 16.5. The molecule has 0 saturated carbocycles. The number of hydrogen-bond acceptors (Lipinski definition) is 3. The van der Waals surface area contributed by atoms with E-state index in [-0.39, 0.29) is 24.5 Å². The normalized spacial score (nSPS) is 10.4. The van der Waals surface area contributed by atoms with E-state index in [1.165, 1.54) is 13.3 Å². The Hall–Kier alpha value is -1.06. The van der Waals surface area contributed by atoms with Crippen molar-refractivity contribution in [2.75, 3.05) is 13.1 Å². The summed E-state index contributed by atoms with van der Waals surface area (Å²) in [6.07, 6.45) is 4.25. The molecule has 0 N–H and O–H groups in total. The number of ether oxygens (including phenoxy) is 1. The second-order valence-corrected chi connectivity index (χ2v) is 4.54. The number of unbranched alkanes of at least 4 members (excludes halogenated alkanes) is 3. The third-order valence-corrected chi connectivity index (χ3v) is 2.41. The van der Waals surface area contributed by atoms with Crippen molar-refractivity contribution in [1.82, 2.24) is 4.90 Å². The van der Waals surface area contributed by atoms with Gasteiger partial charge in [-0.15, -0.1) is 0 Å². The first-order valence-electron chi connectivity index (χ1n) is 6.42. The Balaban J connectivity index is 3.98. The maximum absolute atomic E-state index is 11.4. The fourth-order valence-corrected chi connectivity index (χ4v) is 1.53. The second-order valence-electron chi connectivity index (χ2n) is 4.54. The van der Waals surface area contributed by atoms with Crippen molar-refractivity contribution < 1.29 is 14.3 Å². The van der Waals surface area contributed by atoms with Crippen LogP contribution >= 0.6 is 0 Å². The zero-order valence-corrected chi connectivity index (χ0v) is 11.5. The SMILES string of the molecule is CCCCCCN(CC(=O)OC(C)C)C(C)=O. The van der Waals surface area contributed by atoms with E-state index in [9.17, 15) is 9.59 Å². The van der Waals surface area contributed by atoms with Gasteiger partial charge in [-0.1, -0.05) is 26.2 Å². The van der Waals surface area contributed by atoms with Gasteiger partial charge < -0.3 is 9.64 Å². The summed E-state index contributed by atoms with van der Waals surface area (Å²) in [6.45, 7) is 7.95. The third-order valence-electron chi connectivity index (χ3n) is 2.41. The molecule has 17 heavy (non-hydrogen) atoms. The largest absolute Gasteiger partial charge is 0.462 e. The molecular formula is C13H25NO3. The van der Waals surface area contributed by atoms with Crippen molar-refractivity contribution in [1.29, 1.82) is 0 Å². The van der Waals surface area contributed by atoms with E-state index in [0.717, 1.165) is 19.3 Å². The van der Waals surface area contributed by atoms with Crippen molar-refractivity contribution in [3.63, 3.8) is 0 Å². The topological polar surface area (TPSA) is 46.6 Å². The predicted octanol–water partition coefficient (Wildman–Crippen LogP) is 2.37. The van der Waals surface area contributed by atoms with Crippen LogP contribution in [0.25, 0.3) is 0 Å². The smallest absolute Gasteiger partial charge is 0.325 e. The zero-order valence-electron chi connectivity index (χ0n) is 11.5. The molecule has 0 unspecified atom stereocenters. The van der Waals surface area contributed by atoms with E-state index in [2.05, 4.69) is 6.92 Å². The summed E-state index contributed by atoms with van der Waals surface area (Å²) in [5.74, 6) is -0.395. The minimum absolute atomic E-state index is 0.0674. The Bertz CT molecular complexity index is 239. The molecule has 0 saturated heterocycles. The van der Waals surface area contributed by atoms with Crippen molar-refractivity contribution in [3.8, 4) is 0 Å². The molecule has 0 bridgehead atoms. The van der Waals surface area contributed by atoms with Gasteiger partial charge in [0, 0.05) is 13.5 Å². The molecule has 0 aliphatic rings. The molecule has 0 fully saturated rings. The molecule has 100 valence electrons. The minimum atomic E-state index is -0.328. The summed E-state index contributed by atoms with van der Waals surface area (Å²) >= 11 is 0. The van der Waals surface area contributed by atoms with Crippen LogP contribution < -0.4 is 0 Å². The average molecular weight is 243 g/mol. The molecule has 4 nitrogen and oxygen atoms in total. The molecule has 0 heterocycles. The maximum atomic E-state index is 11.4. The van der Waals surface area contributed by atoms with Crippen molar-refractivity contribution in [2.24, 2.45) is 0 Å². The van der Waals surface area contributed by atoms with Crippen LogP contribution in [0.15, 0.2) is 0 Å². The van der Waals surface area contributed by atoms with Crippen LogP contribution in [0.3, 0.4) is 0 Å². The predicted molar refractivity (Wildman–Crippen MR) is 67.6 cm³/mol. The molecule has 0 atom stereocenters. The molecule has 0 aromatic carbocycles. The molecule has 0 aromatic rings. The first-order valence-corrected chi connectivity index (χ1v) is 6.42. The number of carbonyl (C=O) groups is 2. The van der Waals surface area contributed by atoms with E-state index in [0.29, 0.717) is 6.54 Å². The van der Waals surface area contributed by atoms with Gasteiger partial charge in [-0.3, -0.25) is 9.59 Å². The molecule has 0 radical (unpaired) electrons. The zero-order chi connectivity index (χ0) is 13.3. The van der Waals surface area contributed by atoms with Crippen LogP contribution in [0.1, 0.15) is 53.4 Å². The lowest BCUT2D eigenvalue weighted by molar-refractivity contribution is -0.152. The van der Waals surface area contributed by atoms with E-state index in [1.807, 2.05) is 0 Å². The van der Waals surface area contributed by atoms with Crippen LogP contribution in [0, 0.1) is 0 Å². The Labute approximate surface area is 104 Å². The van der Waals surface area contributed by atoms with Gasteiger partial charge in [-0.2, -0.15) is 0 Å². The molecular weight excluding hydrogens is 218 g/mol. The second kappa shape index (κ2) is 9.02. The first-order chi connectivity index (χ1) is 7.97. The van der Waals surface area contributed by atoms with Crippen molar-refractivity contribution >= 4 is 11.9 Å². The monoisotopic (exact) mass is 243 g/mol. The molecule has 0 rings (SSSR count). The summed E-state index contributed by atoms with van der Waals surface area (Å²) in [7, 11) is 0. The standard InChI is InChI=1S/C13H25NO3/c1-5-6-7-8-9-14(12(4)15)10-13(16)17-11(2)3/h11H,5-10H2,1-4H3. The molecule has 0 spiro atoms. The lowest BCUT2D eigenvalue weighted by atomic mass is 10.2. The summed E-state index contributed by atoms with van der Waals surface area (Å²) in [4.78, 5) is 24.3. The van der Waals surface area contributed by atoms with E-state index >= 15 is 0 Å². The lowest BCUT2D eigenvalue weighted by Gasteiger charge is -2.20. The number of esters is 1. The number of amides is 1. The average Bonchev–Trinajstić information content (AvgIpc) is 2.21. The fraction of sp³-hybridized carbons (Fsp3) is 0.846. The highest BCUT2D eigenvalue weighted by Gasteiger charge is 2.14. The summed E-state index contributed by atoms with van der Waals surface area (Å²) in [5.41, 5.74) is 0. The van der Waals surface area contributed by atoms with Crippen LogP contribution in [-0.2, 0) is 14.3 Å². The molecule has 0 aliphatic heterocycles. The van der Waals surface area contributed by atoms with E-state index < -0.39 is 0 Å². The van der Waals surface area contributed by atoms with Gasteiger partial charge in [-0.25, -0.2) is 0 Å². The van der Waals surface area contributed by atoms with Crippen LogP contribution in [0.4, 0.5) is 0 Å². The Morgan fingerprint density at radius 2 is 1.82 bits per heavy atom. The van der Waals surface area contributed by atoms with Crippen LogP contribution in [0.2, 0.25) is 0 Å². The fourth-order valence-electron chi connectivity index (χ4n) is 1.53. The Kier molecular flexibility index (Phi) is 8.46. The van der Waals surface area contributed by atoms with E-state index in [4.69, 9.17) is 4.74 Å². The Morgan fingerprint density at radius 3 is 2.29 bits per heavy atom. The minimum Gasteiger partial charge on any atom is -0.462 e. The van der Waals surface area contributed by atoms with Crippen LogP contribution in [0.5, 0.6) is 0 Å². The highest BCUT2D eigenvalue weighted by Crippen LogP contribution is 2.02. The summed E-state index contributed by atoms with van der Waals surface area (Å²) in [6, 6.07) is 0. The van der Waals surface area contributed by atoms with Gasteiger partial charge in [0.2, 0.25) is 5.91 Å². The van der Waals surface area contributed by atoms with Crippen LogP contribution in [-0.4, -0.2) is 36.0 Å². The number of nitrogens with zero attached hydrogens (tertiary/aromatic N) is 1. The third kappa shape index (κ3) is 8.72. The lowest BCUT2D eigenvalue weighted by Crippen LogP contribution is -2.36. The van der Waals surface area contributed by atoms with Crippen molar-refractivity contribution in [3.05, 3.63) is 0 Å². The maximum Gasteiger partial charge on any atom is 0.325 e. The van der Waals surface area contributed by atoms with Crippen molar-refractivity contribution in [2.45, 2.75) is 59.5 Å². The number of carbonyl (C=O) groups excluding carboxylic acids is 2. The molecule has 0 aliphatic carbocycles. The quantitative estimate of drug-likeness (QED) is 0.485. The first kappa shape index (κ1) is 15.9. The number of hydrogen-bond donors (Lipinski definition) is 0. The van der Waals surface area contributed by atoms with Gasteiger partial charge in [0.1, 0.15) is 6.54 Å². The van der Waals surface area contributed by atoms with E-state index in [1.54, 1.807) is 18.7 Å². The van der Waals surface area contributed by atoms with Gasteiger partial charge in [0.05, 0.1) is 6.10 Å². The Morgan fingerprint density at radius 1 is 1.18 bits per heavy atom. The number of rotatable bonds is 8. The molecule has 4 heteroatoms. The molecule has 1 amide bonds.